The van der Waals surface area contributed by atoms with Gasteiger partial charge in [0.1, 0.15) is 11.7 Å². The Bertz CT molecular complexity index is 375. The highest BCUT2D eigenvalue weighted by Crippen LogP contribution is 2.13. The Labute approximate surface area is 84.6 Å². The van der Waals surface area contributed by atoms with E-state index in [9.17, 15) is 14.9 Å². The van der Waals surface area contributed by atoms with Gasteiger partial charge in [-0.3, -0.25) is 4.79 Å². The molecule has 1 aromatic rings. The topological polar surface area (TPSA) is 124 Å². The number of rotatable bonds is 4. The summed E-state index contributed by atoms with van der Waals surface area (Å²) in [5.41, 5.74) is 5.65. The summed E-state index contributed by atoms with van der Waals surface area (Å²) in [5.74, 6) is -0.951. The van der Waals surface area contributed by atoms with Gasteiger partial charge in [-0.05, 0) is 9.91 Å². The number of H-pyrrole nitrogens is 1. The minimum absolute atomic E-state index is 0.0109. The molecule has 1 aromatic heterocycles. The number of aromatic amines is 1. The van der Waals surface area contributed by atoms with Crippen LogP contribution < -0.4 is 5.73 Å². The maximum absolute atomic E-state index is 11.0. The molecule has 1 heterocycles. The van der Waals surface area contributed by atoms with Crippen molar-refractivity contribution in [2.24, 2.45) is 5.73 Å². The van der Waals surface area contributed by atoms with Gasteiger partial charge in [0.2, 0.25) is 6.33 Å². The van der Waals surface area contributed by atoms with E-state index < -0.39 is 16.9 Å². The first kappa shape index (κ1) is 11.1. The van der Waals surface area contributed by atoms with Gasteiger partial charge in [0.05, 0.1) is 7.11 Å². The quantitative estimate of drug-likeness (QED) is 0.390. The van der Waals surface area contributed by atoms with Crippen LogP contribution in [0, 0.1) is 10.1 Å². The van der Waals surface area contributed by atoms with Crippen LogP contribution in [0.25, 0.3) is 0 Å². The molecule has 0 saturated heterocycles. The molecule has 8 nitrogen and oxygen atoms in total. The second-order valence-electron chi connectivity index (χ2n) is 2.80. The van der Waals surface area contributed by atoms with E-state index in [0.717, 1.165) is 0 Å². The molecule has 0 aliphatic rings. The number of nitro groups is 1. The Kier molecular flexibility index (Phi) is 3.34. The number of methoxy groups -OCH3 is 1. The van der Waals surface area contributed by atoms with E-state index >= 15 is 0 Å². The van der Waals surface area contributed by atoms with Crippen LogP contribution >= 0.6 is 0 Å². The third kappa shape index (κ3) is 2.50. The number of ether oxygens (including phenoxy) is 1. The Hall–Kier alpha value is -1.96. The molecule has 0 radical (unpaired) electrons. The van der Waals surface area contributed by atoms with E-state index in [-0.39, 0.29) is 17.9 Å². The lowest BCUT2D eigenvalue weighted by Gasteiger charge is -2.06. The number of imidazole rings is 1. The molecule has 0 aliphatic heterocycles. The second kappa shape index (κ2) is 4.51. The van der Waals surface area contributed by atoms with Gasteiger partial charge < -0.3 is 25.6 Å². The maximum Gasteiger partial charge on any atom is 0.384 e. The Balaban J connectivity index is 2.76. The number of hydrogen-bond acceptors (Lipinski definition) is 6. The molecular formula is C7H10N4O4. The monoisotopic (exact) mass is 214 g/mol. The minimum atomic E-state index is -0.936. The first-order valence-electron chi connectivity index (χ1n) is 4.06. The second-order valence-corrected chi connectivity index (χ2v) is 2.80. The van der Waals surface area contributed by atoms with Gasteiger partial charge in [0.25, 0.3) is 0 Å². The predicted molar refractivity (Wildman–Crippen MR) is 48.9 cm³/mol. The normalized spacial score (nSPS) is 12.1. The molecule has 0 amide bonds. The smallest absolute Gasteiger partial charge is 0.384 e. The summed E-state index contributed by atoms with van der Waals surface area (Å²) in [6.45, 7) is 0. The summed E-state index contributed by atoms with van der Waals surface area (Å²) < 4.78 is 4.39. The van der Waals surface area contributed by atoms with E-state index in [2.05, 4.69) is 14.7 Å². The first-order valence-corrected chi connectivity index (χ1v) is 4.06. The molecule has 0 spiro atoms. The fraction of sp³-hybridized carbons (Fsp3) is 0.429. The van der Waals surface area contributed by atoms with Gasteiger partial charge in [-0.1, -0.05) is 0 Å². The highest BCUT2D eigenvalue weighted by molar-refractivity contribution is 5.75. The fourth-order valence-corrected chi connectivity index (χ4v) is 1.08. The fourth-order valence-electron chi connectivity index (χ4n) is 1.08. The SMILES string of the molecule is COC(=O)C(N)Cc1[nH]cnc1[N+](=O)[O-]. The number of aromatic nitrogens is 2. The number of nitrogens with zero attached hydrogens (tertiary/aromatic N) is 2. The van der Waals surface area contributed by atoms with Gasteiger partial charge >= 0.3 is 11.8 Å². The van der Waals surface area contributed by atoms with Crippen LogP contribution in [-0.4, -0.2) is 34.0 Å². The summed E-state index contributed by atoms with van der Waals surface area (Å²) in [7, 11) is 1.20. The highest BCUT2D eigenvalue weighted by Gasteiger charge is 2.22. The van der Waals surface area contributed by atoms with Gasteiger partial charge in [0.15, 0.2) is 0 Å². The van der Waals surface area contributed by atoms with Crippen molar-refractivity contribution in [2.75, 3.05) is 7.11 Å². The van der Waals surface area contributed by atoms with Crippen LogP contribution in [-0.2, 0) is 16.0 Å². The number of nitrogens with one attached hydrogen (secondary N) is 1. The average Bonchev–Trinajstić information content (AvgIpc) is 2.64. The van der Waals surface area contributed by atoms with Crippen molar-refractivity contribution in [2.45, 2.75) is 12.5 Å². The molecule has 1 rings (SSSR count). The molecule has 1 unspecified atom stereocenters. The highest BCUT2D eigenvalue weighted by atomic mass is 16.6. The molecule has 0 fully saturated rings. The number of hydrogen-bond donors (Lipinski definition) is 2. The summed E-state index contributed by atoms with van der Waals surface area (Å²) >= 11 is 0. The van der Waals surface area contributed by atoms with Crippen molar-refractivity contribution >= 4 is 11.8 Å². The number of carbonyl (C=O) groups excluding carboxylic acids is 1. The van der Waals surface area contributed by atoms with E-state index in [1.165, 1.54) is 13.4 Å². The van der Waals surface area contributed by atoms with Crippen molar-refractivity contribution in [1.29, 1.82) is 0 Å². The molecule has 0 aromatic carbocycles. The Morgan fingerprint density at radius 1 is 1.87 bits per heavy atom. The lowest BCUT2D eigenvalue weighted by atomic mass is 10.2. The number of carbonyl (C=O) groups is 1. The van der Waals surface area contributed by atoms with Gasteiger partial charge in [0, 0.05) is 6.42 Å². The van der Waals surface area contributed by atoms with Crippen molar-refractivity contribution in [1.82, 2.24) is 9.97 Å². The Morgan fingerprint density at radius 3 is 3.07 bits per heavy atom. The van der Waals surface area contributed by atoms with Crippen LogP contribution in [0.3, 0.4) is 0 Å². The molecule has 3 N–H and O–H groups in total. The predicted octanol–water partition coefficient (Wildman–Crippen LogP) is -0.639. The number of esters is 1. The lowest BCUT2D eigenvalue weighted by molar-refractivity contribution is -0.390. The van der Waals surface area contributed by atoms with E-state index in [4.69, 9.17) is 5.73 Å². The number of nitrogens with two attached hydrogens (primary N) is 1. The van der Waals surface area contributed by atoms with Crippen molar-refractivity contribution in [3.63, 3.8) is 0 Å². The molecule has 15 heavy (non-hydrogen) atoms. The maximum atomic E-state index is 11.0. The zero-order valence-corrected chi connectivity index (χ0v) is 7.97. The molecule has 0 bridgehead atoms. The molecule has 82 valence electrons. The third-order valence-electron chi connectivity index (χ3n) is 1.80. The van der Waals surface area contributed by atoms with Crippen LogP contribution in [0.2, 0.25) is 0 Å². The van der Waals surface area contributed by atoms with E-state index in [1.807, 2.05) is 0 Å². The van der Waals surface area contributed by atoms with Crippen molar-refractivity contribution in [3.8, 4) is 0 Å². The molecule has 0 aliphatic carbocycles. The summed E-state index contributed by atoms with van der Waals surface area (Å²) in [4.78, 5) is 26.8. The zero-order valence-electron chi connectivity index (χ0n) is 7.97. The molecular weight excluding hydrogens is 204 g/mol. The van der Waals surface area contributed by atoms with Crippen molar-refractivity contribution in [3.05, 3.63) is 22.1 Å². The van der Waals surface area contributed by atoms with Gasteiger partial charge in [-0.25, -0.2) is 0 Å². The summed E-state index contributed by atoms with van der Waals surface area (Å²) in [6, 6.07) is -0.936. The van der Waals surface area contributed by atoms with E-state index in [0.29, 0.717) is 0 Å². The first-order chi connectivity index (χ1) is 7.06. The minimum Gasteiger partial charge on any atom is -0.468 e. The van der Waals surface area contributed by atoms with Crippen molar-refractivity contribution < 1.29 is 14.5 Å². The van der Waals surface area contributed by atoms with Crippen LogP contribution in [0.4, 0.5) is 5.82 Å². The Morgan fingerprint density at radius 2 is 2.53 bits per heavy atom. The average molecular weight is 214 g/mol. The summed E-state index contributed by atoms with van der Waals surface area (Å²) in [6.07, 6.45) is 1.17. The van der Waals surface area contributed by atoms with Crippen LogP contribution in [0.1, 0.15) is 5.69 Å². The molecule has 1 atom stereocenters. The van der Waals surface area contributed by atoms with Gasteiger partial charge in [-0.15, -0.1) is 0 Å². The standard InChI is InChI=1S/C7H10N4O4/c1-15-7(12)4(8)2-5-6(11(13)14)10-3-9-5/h3-4H,2,8H2,1H3,(H,9,10). The lowest BCUT2D eigenvalue weighted by Crippen LogP contribution is -2.33. The summed E-state index contributed by atoms with van der Waals surface area (Å²) in [5, 5.41) is 10.5. The third-order valence-corrected chi connectivity index (χ3v) is 1.80. The zero-order chi connectivity index (χ0) is 11.4. The molecule has 0 saturated carbocycles. The van der Waals surface area contributed by atoms with Gasteiger partial charge in [-0.2, -0.15) is 0 Å². The molecule has 8 heteroatoms. The van der Waals surface area contributed by atoms with Crippen LogP contribution in [0.15, 0.2) is 6.33 Å². The van der Waals surface area contributed by atoms with E-state index in [1.54, 1.807) is 0 Å². The van der Waals surface area contributed by atoms with Crippen LogP contribution in [0.5, 0.6) is 0 Å². The largest absolute Gasteiger partial charge is 0.468 e.